The summed E-state index contributed by atoms with van der Waals surface area (Å²) in [5.74, 6) is 0.539. The van der Waals surface area contributed by atoms with Gasteiger partial charge in [-0.05, 0) is 24.2 Å². The Morgan fingerprint density at radius 2 is 1.94 bits per heavy atom. The van der Waals surface area contributed by atoms with Gasteiger partial charge in [0, 0.05) is 10.8 Å². The summed E-state index contributed by atoms with van der Waals surface area (Å²) in [6, 6.07) is 0. The predicted octanol–water partition coefficient (Wildman–Crippen LogP) is 2.25. The Kier molecular flexibility index (Phi) is 6.43. The second-order valence-corrected chi connectivity index (χ2v) is 6.76. The molecule has 106 valence electrons. The van der Waals surface area contributed by atoms with E-state index in [-0.39, 0.29) is 28.8 Å². The summed E-state index contributed by atoms with van der Waals surface area (Å²) < 4.78 is 36.4. The molecule has 1 aliphatic carbocycles. The van der Waals surface area contributed by atoms with E-state index in [1.165, 1.54) is 0 Å². The van der Waals surface area contributed by atoms with Crippen LogP contribution in [0.25, 0.3) is 0 Å². The molecule has 0 spiro atoms. The minimum Gasteiger partial charge on any atom is -0.390 e. The molecule has 0 fully saturated rings. The van der Waals surface area contributed by atoms with E-state index in [0.717, 1.165) is 0 Å². The van der Waals surface area contributed by atoms with Crippen LogP contribution in [0, 0.1) is 17.8 Å². The van der Waals surface area contributed by atoms with E-state index in [1.807, 2.05) is 26.0 Å². The lowest BCUT2D eigenvalue weighted by molar-refractivity contribution is 0.102. The molecule has 5 heteroatoms. The molecule has 0 bridgehead atoms. The number of hydrogen-bond donors (Lipinski definition) is 1. The van der Waals surface area contributed by atoms with E-state index in [2.05, 4.69) is 0 Å². The Balaban J connectivity index is 2.69. The van der Waals surface area contributed by atoms with Crippen LogP contribution in [-0.4, -0.2) is 39.8 Å². The van der Waals surface area contributed by atoms with Crippen molar-refractivity contribution in [3.05, 3.63) is 12.2 Å². The van der Waals surface area contributed by atoms with E-state index in [0.29, 0.717) is 6.42 Å². The van der Waals surface area contributed by atoms with Crippen LogP contribution in [0.2, 0.25) is 0 Å². The van der Waals surface area contributed by atoms with E-state index >= 15 is 0 Å². The normalized spacial score (nSPS) is 35.4. The van der Waals surface area contributed by atoms with Crippen LogP contribution in [0.1, 0.15) is 20.3 Å². The van der Waals surface area contributed by atoms with Crippen LogP contribution in [0.15, 0.2) is 12.2 Å². The predicted molar refractivity (Wildman–Crippen MR) is 70.3 cm³/mol. The molecule has 0 amide bonds. The number of aliphatic hydroxyl groups excluding tert-OH is 1. The van der Waals surface area contributed by atoms with Gasteiger partial charge in [0.2, 0.25) is 0 Å². The first-order valence-corrected chi connectivity index (χ1v) is 7.75. The zero-order chi connectivity index (χ0) is 13.7. The van der Waals surface area contributed by atoms with Gasteiger partial charge in [0.25, 0.3) is 0 Å². The fourth-order valence-electron chi connectivity index (χ4n) is 2.50. The number of rotatable bonds is 6. The minimum absolute atomic E-state index is 0.0733. The molecule has 0 aromatic carbocycles. The number of alkyl halides is 2. The van der Waals surface area contributed by atoms with E-state index in [1.54, 1.807) is 0 Å². The summed E-state index contributed by atoms with van der Waals surface area (Å²) in [5, 5.41) is 9.22. The maximum absolute atomic E-state index is 12.3. The largest absolute Gasteiger partial charge is 0.390 e. The van der Waals surface area contributed by atoms with Gasteiger partial charge in [-0.25, -0.2) is 4.39 Å². The van der Waals surface area contributed by atoms with Crippen LogP contribution in [0.3, 0.4) is 0 Å². The molecule has 5 unspecified atom stereocenters. The lowest BCUT2D eigenvalue weighted by Crippen LogP contribution is -2.36. The van der Waals surface area contributed by atoms with Gasteiger partial charge >= 0.3 is 0 Å². The minimum atomic E-state index is -1.19. The fourth-order valence-corrected chi connectivity index (χ4v) is 3.92. The van der Waals surface area contributed by atoms with Gasteiger partial charge in [0.1, 0.15) is 13.3 Å². The Morgan fingerprint density at radius 3 is 2.50 bits per heavy atom. The van der Waals surface area contributed by atoms with Crippen molar-refractivity contribution < 1.29 is 18.1 Å². The van der Waals surface area contributed by atoms with Crippen molar-refractivity contribution >= 4 is 10.8 Å². The highest BCUT2D eigenvalue weighted by Crippen LogP contribution is 2.35. The van der Waals surface area contributed by atoms with Crippen LogP contribution in [0.5, 0.6) is 0 Å². The Morgan fingerprint density at radius 1 is 1.28 bits per heavy atom. The molecular formula is C13H22F2O2S. The number of aliphatic hydroxyl groups is 1. The molecular weight excluding hydrogens is 258 g/mol. The maximum Gasteiger partial charge on any atom is 0.115 e. The first-order valence-electron chi connectivity index (χ1n) is 6.36. The zero-order valence-electron chi connectivity index (χ0n) is 10.9. The van der Waals surface area contributed by atoms with Crippen molar-refractivity contribution in [3.8, 4) is 0 Å². The van der Waals surface area contributed by atoms with Crippen LogP contribution < -0.4 is 0 Å². The Bertz CT molecular complexity index is 309. The van der Waals surface area contributed by atoms with Crippen LogP contribution in [0.4, 0.5) is 8.78 Å². The highest BCUT2D eigenvalue weighted by molar-refractivity contribution is 7.85. The maximum atomic E-state index is 12.3. The topological polar surface area (TPSA) is 37.3 Å². The van der Waals surface area contributed by atoms with Crippen molar-refractivity contribution in [1.29, 1.82) is 0 Å². The highest BCUT2D eigenvalue weighted by Gasteiger charge is 2.33. The molecule has 0 radical (unpaired) electrons. The van der Waals surface area contributed by atoms with Crippen molar-refractivity contribution in [3.63, 3.8) is 0 Å². The second kappa shape index (κ2) is 7.34. The van der Waals surface area contributed by atoms with Gasteiger partial charge in [-0.3, -0.25) is 8.60 Å². The van der Waals surface area contributed by atoms with Crippen LogP contribution >= 0.6 is 0 Å². The van der Waals surface area contributed by atoms with E-state index in [9.17, 15) is 18.1 Å². The quantitative estimate of drug-likeness (QED) is 0.758. The average molecular weight is 280 g/mol. The molecule has 0 saturated carbocycles. The molecule has 0 heterocycles. The molecule has 0 aromatic heterocycles. The summed E-state index contributed by atoms with van der Waals surface area (Å²) in [6.45, 7) is 2.71. The molecule has 0 saturated heterocycles. The molecule has 0 aromatic rings. The zero-order valence-corrected chi connectivity index (χ0v) is 11.7. The number of hydrogen-bond acceptors (Lipinski definition) is 2. The first kappa shape index (κ1) is 15.8. The average Bonchev–Trinajstić information content (AvgIpc) is 2.35. The smallest absolute Gasteiger partial charge is 0.115 e. The third-order valence-electron chi connectivity index (χ3n) is 3.88. The highest BCUT2D eigenvalue weighted by atomic mass is 32.2. The Labute approximate surface area is 110 Å². The third kappa shape index (κ3) is 3.85. The summed E-state index contributed by atoms with van der Waals surface area (Å²) in [4.78, 5) is 0. The van der Waals surface area contributed by atoms with Crippen molar-refractivity contribution in [2.45, 2.75) is 31.6 Å². The monoisotopic (exact) mass is 280 g/mol. The third-order valence-corrected chi connectivity index (χ3v) is 5.63. The van der Waals surface area contributed by atoms with Gasteiger partial charge in [-0.15, -0.1) is 0 Å². The van der Waals surface area contributed by atoms with Gasteiger partial charge in [-0.1, -0.05) is 26.0 Å². The van der Waals surface area contributed by atoms with Gasteiger partial charge in [0.05, 0.1) is 17.1 Å². The SMILES string of the molecule is CC1C(C[C@H](O)CF)C=CC(S(=O)CCF)C1C. The van der Waals surface area contributed by atoms with E-state index in [4.69, 9.17) is 0 Å². The van der Waals surface area contributed by atoms with Crippen molar-refractivity contribution in [2.24, 2.45) is 17.8 Å². The molecule has 1 aliphatic rings. The summed E-state index contributed by atoms with van der Waals surface area (Å²) in [6.07, 6.45) is 3.22. The fraction of sp³-hybridized carbons (Fsp3) is 0.846. The molecule has 0 aliphatic heterocycles. The summed E-state index contributed by atoms with van der Waals surface area (Å²) in [7, 11) is -1.19. The van der Waals surface area contributed by atoms with Crippen LogP contribution in [-0.2, 0) is 10.8 Å². The lowest BCUT2D eigenvalue weighted by Gasteiger charge is -2.35. The van der Waals surface area contributed by atoms with Gasteiger partial charge < -0.3 is 5.11 Å². The summed E-state index contributed by atoms with van der Waals surface area (Å²) >= 11 is 0. The Hall–Kier alpha value is -0.290. The van der Waals surface area contributed by atoms with Gasteiger partial charge in [0.15, 0.2) is 0 Å². The van der Waals surface area contributed by atoms with Crippen molar-refractivity contribution in [2.75, 3.05) is 19.1 Å². The first-order chi connectivity index (χ1) is 8.51. The molecule has 6 atom stereocenters. The number of allylic oxidation sites excluding steroid dienone is 1. The molecule has 2 nitrogen and oxygen atoms in total. The number of halogens is 2. The lowest BCUT2D eigenvalue weighted by atomic mass is 9.75. The molecule has 18 heavy (non-hydrogen) atoms. The molecule has 1 rings (SSSR count). The second-order valence-electron chi connectivity index (χ2n) is 5.05. The summed E-state index contributed by atoms with van der Waals surface area (Å²) in [5.41, 5.74) is 0. The molecule has 1 N–H and O–H groups in total. The van der Waals surface area contributed by atoms with Gasteiger partial charge in [-0.2, -0.15) is 0 Å². The standard InChI is InChI=1S/C13H22F2O2S/c1-9-10(2)13(18(17)6-5-14)4-3-11(9)7-12(16)8-15/h3-4,9-13,16H,5-8H2,1-2H3/t9?,10?,11?,12-,13?,18?/m0/s1. The van der Waals surface area contributed by atoms with E-state index < -0.39 is 30.3 Å². The van der Waals surface area contributed by atoms with Crippen molar-refractivity contribution in [1.82, 2.24) is 0 Å².